The molecule has 2 atom stereocenters. The van der Waals surface area contributed by atoms with E-state index in [2.05, 4.69) is 15.5 Å². The van der Waals surface area contributed by atoms with E-state index in [0.717, 1.165) is 0 Å². The average Bonchev–Trinajstić information content (AvgIpc) is 2.70. The maximum atomic E-state index is 11.5. The lowest BCUT2D eigenvalue weighted by Gasteiger charge is -2.22. The van der Waals surface area contributed by atoms with E-state index in [1.165, 1.54) is 24.3 Å². The Bertz CT molecular complexity index is 841. The highest BCUT2D eigenvalue weighted by Crippen LogP contribution is 2.23. The van der Waals surface area contributed by atoms with E-state index in [1.807, 2.05) is 0 Å². The van der Waals surface area contributed by atoms with E-state index in [0.29, 0.717) is 16.9 Å². The zero-order chi connectivity index (χ0) is 20.7. The van der Waals surface area contributed by atoms with Crippen LogP contribution in [0.2, 0.25) is 0 Å². The number of hydrogen-bond acceptors (Lipinski definition) is 6. The molecule has 0 heterocycles. The van der Waals surface area contributed by atoms with Gasteiger partial charge in [-0.3, -0.25) is 4.79 Å². The first-order valence-corrected chi connectivity index (χ1v) is 8.91. The van der Waals surface area contributed by atoms with Crippen LogP contribution in [0, 0.1) is 0 Å². The first-order valence-electron chi connectivity index (χ1n) is 8.04. The van der Waals surface area contributed by atoms with Gasteiger partial charge in [0.1, 0.15) is 6.10 Å². The van der Waals surface area contributed by atoms with Crippen molar-refractivity contribution in [2.75, 3.05) is 6.61 Å². The molecule has 0 fully saturated rings. The number of nitrogens with zero attached hydrogens (tertiary/aromatic N) is 2. The molecule has 4 N–H and O–H groups in total. The van der Waals surface area contributed by atoms with Crippen molar-refractivity contribution in [2.45, 2.75) is 17.0 Å². The van der Waals surface area contributed by atoms with Gasteiger partial charge in [-0.2, -0.15) is 10.2 Å². The Kier molecular flexibility index (Phi) is 7.89. The largest absolute Gasteiger partial charge is 0.478 e. The molecule has 0 aliphatic heterocycles. The number of aliphatic hydroxyl groups excluding tert-OH is 2. The number of azo groups is 1. The van der Waals surface area contributed by atoms with Gasteiger partial charge in [-0.15, -0.1) is 0 Å². The standard InChI is InChI=1S/C18H17Cl2N3O5/c19-16(20)17(26)21-14(9-24)15(25)10-1-5-12(6-2-10)22-23-13-7-3-11(4-8-13)18(27)28/h1-8,14-16,24-25H,9H2,(H,21,26)(H,27,28)/t14-,15-/m1/s1. The molecule has 0 unspecified atom stereocenters. The van der Waals surface area contributed by atoms with E-state index < -0.39 is 35.5 Å². The van der Waals surface area contributed by atoms with Crippen molar-refractivity contribution >= 4 is 46.5 Å². The normalized spacial score (nSPS) is 13.5. The van der Waals surface area contributed by atoms with Crippen LogP contribution in [0.5, 0.6) is 0 Å². The monoisotopic (exact) mass is 425 g/mol. The number of alkyl halides is 2. The molecule has 28 heavy (non-hydrogen) atoms. The highest BCUT2D eigenvalue weighted by atomic mass is 35.5. The third-order valence-corrected chi connectivity index (χ3v) is 4.13. The summed E-state index contributed by atoms with van der Waals surface area (Å²) in [6.45, 7) is -0.513. The van der Waals surface area contributed by atoms with E-state index in [9.17, 15) is 19.8 Å². The number of amides is 1. The van der Waals surface area contributed by atoms with Gasteiger partial charge in [0.25, 0.3) is 5.91 Å². The van der Waals surface area contributed by atoms with Crippen molar-refractivity contribution in [2.24, 2.45) is 10.2 Å². The number of carboxylic acids is 1. The lowest BCUT2D eigenvalue weighted by Crippen LogP contribution is -2.44. The van der Waals surface area contributed by atoms with Gasteiger partial charge in [-0.25, -0.2) is 4.79 Å². The summed E-state index contributed by atoms with van der Waals surface area (Å²) < 4.78 is 0. The Morgan fingerprint density at radius 3 is 1.89 bits per heavy atom. The maximum absolute atomic E-state index is 11.5. The highest BCUT2D eigenvalue weighted by Gasteiger charge is 2.24. The van der Waals surface area contributed by atoms with Crippen LogP contribution in [0.15, 0.2) is 58.8 Å². The number of nitrogens with one attached hydrogen (secondary N) is 1. The molecule has 0 radical (unpaired) electrons. The fraction of sp³-hybridized carbons (Fsp3) is 0.222. The lowest BCUT2D eigenvalue weighted by molar-refractivity contribution is -0.121. The van der Waals surface area contributed by atoms with Gasteiger partial charge in [0.05, 0.1) is 29.6 Å². The fourth-order valence-corrected chi connectivity index (χ4v) is 2.35. The summed E-state index contributed by atoms with van der Waals surface area (Å²) in [7, 11) is 0. The van der Waals surface area contributed by atoms with Crippen molar-refractivity contribution in [1.82, 2.24) is 5.32 Å². The third-order valence-electron chi connectivity index (χ3n) is 3.73. The smallest absolute Gasteiger partial charge is 0.335 e. The summed E-state index contributed by atoms with van der Waals surface area (Å²) in [5.74, 6) is -1.75. The second-order valence-electron chi connectivity index (χ2n) is 5.69. The number of benzene rings is 2. The molecule has 8 nitrogen and oxygen atoms in total. The van der Waals surface area contributed by atoms with E-state index in [4.69, 9.17) is 28.3 Å². The topological polar surface area (TPSA) is 132 Å². The Morgan fingerprint density at radius 1 is 0.964 bits per heavy atom. The van der Waals surface area contributed by atoms with Crippen LogP contribution >= 0.6 is 23.2 Å². The molecule has 0 aliphatic carbocycles. The number of carbonyl (C=O) groups excluding carboxylic acids is 1. The van der Waals surface area contributed by atoms with Gasteiger partial charge in [-0.05, 0) is 42.0 Å². The molecule has 2 aromatic rings. The van der Waals surface area contributed by atoms with Crippen LogP contribution in [0.1, 0.15) is 22.0 Å². The molecular formula is C18H17Cl2N3O5. The van der Waals surface area contributed by atoms with Crippen molar-refractivity contribution in [3.63, 3.8) is 0 Å². The number of hydrogen-bond donors (Lipinski definition) is 4. The summed E-state index contributed by atoms with van der Waals surface area (Å²) in [6.07, 6.45) is -1.18. The predicted molar refractivity (Wildman–Crippen MR) is 103 cm³/mol. The summed E-state index contributed by atoms with van der Waals surface area (Å²) in [5.41, 5.74) is 1.56. The molecule has 10 heteroatoms. The molecule has 2 aromatic carbocycles. The van der Waals surface area contributed by atoms with Gasteiger partial charge in [0.2, 0.25) is 0 Å². The Morgan fingerprint density at radius 2 is 1.46 bits per heavy atom. The number of rotatable bonds is 8. The van der Waals surface area contributed by atoms with Gasteiger partial charge in [0, 0.05) is 0 Å². The molecule has 0 saturated heterocycles. The van der Waals surface area contributed by atoms with E-state index >= 15 is 0 Å². The molecule has 1 amide bonds. The average molecular weight is 426 g/mol. The van der Waals surface area contributed by atoms with Crippen LogP contribution in [0.3, 0.4) is 0 Å². The number of aromatic carboxylic acids is 1. The third kappa shape index (κ3) is 6.00. The number of halogens is 2. The molecular weight excluding hydrogens is 409 g/mol. The van der Waals surface area contributed by atoms with Gasteiger partial charge in [-0.1, -0.05) is 35.3 Å². The summed E-state index contributed by atoms with van der Waals surface area (Å²) in [5, 5.41) is 38.9. The summed E-state index contributed by atoms with van der Waals surface area (Å²) in [4.78, 5) is 21.0. The Hall–Kier alpha value is -2.52. The van der Waals surface area contributed by atoms with Crippen molar-refractivity contribution in [1.29, 1.82) is 0 Å². The van der Waals surface area contributed by atoms with Crippen LogP contribution in [-0.2, 0) is 4.79 Å². The van der Waals surface area contributed by atoms with Crippen molar-refractivity contribution < 1.29 is 24.9 Å². The van der Waals surface area contributed by atoms with E-state index in [1.54, 1.807) is 24.3 Å². The van der Waals surface area contributed by atoms with Crippen molar-refractivity contribution in [3.8, 4) is 0 Å². The molecule has 0 aliphatic rings. The second-order valence-corrected chi connectivity index (χ2v) is 6.78. The van der Waals surface area contributed by atoms with Gasteiger partial charge < -0.3 is 20.6 Å². The SMILES string of the molecule is O=C(O)c1ccc(N=Nc2ccc([C@@H](O)[C@@H](CO)NC(=O)C(Cl)Cl)cc2)cc1. The van der Waals surface area contributed by atoms with Crippen molar-refractivity contribution in [3.05, 3.63) is 59.7 Å². The first kappa shape index (κ1) is 21.8. The van der Waals surface area contributed by atoms with Gasteiger partial charge in [0.15, 0.2) is 4.84 Å². The van der Waals surface area contributed by atoms with Crippen LogP contribution in [0.25, 0.3) is 0 Å². The Labute approximate surface area is 170 Å². The second kappa shape index (κ2) is 10.1. The molecule has 0 saturated carbocycles. The number of aliphatic hydroxyl groups is 2. The summed E-state index contributed by atoms with van der Waals surface area (Å²) in [6, 6.07) is 11.2. The predicted octanol–water partition coefficient (Wildman–Crippen LogP) is 3.11. The minimum atomic E-state index is -1.31. The van der Waals surface area contributed by atoms with Gasteiger partial charge >= 0.3 is 5.97 Å². The molecule has 148 valence electrons. The van der Waals surface area contributed by atoms with Crippen LogP contribution < -0.4 is 5.32 Å². The fourth-order valence-electron chi connectivity index (χ4n) is 2.23. The minimum Gasteiger partial charge on any atom is -0.478 e. The van der Waals surface area contributed by atoms with E-state index in [-0.39, 0.29) is 5.56 Å². The number of carboxylic acid groups (broad SMARTS) is 1. The lowest BCUT2D eigenvalue weighted by atomic mass is 10.0. The van der Waals surface area contributed by atoms with Crippen LogP contribution in [0.4, 0.5) is 11.4 Å². The first-order chi connectivity index (χ1) is 13.3. The maximum Gasteiger partial charge on any atom is 0.335 e. The molecule has 0 bridgehead atoms. The molecule has 2 rings (SSSR count). The number of carbonyl (C=O) groups is 2. The zero-order valence-electron chi connectivity index (χ0n) is 14.4. The van der Waals surface area contributed by atoms with Crippen LogP contribution in [-0.4, -0.2) is 44.7 Å². The Balaban J connectivity index is 2.05. The molecule has 0 aromatic heterocycles. The quantitative estimate of drug-likeness (QED) is 0.381. The summed E-state index contributed by atoms with van der Waals surface area (Å²) >= 11 is 10.9. The zero-order valence-corrected chi connectivity index (χ0v) is 15.9. The highest BCUT2D eigenvalue weighted by molar-refractivity contribution is 6.53. The minimum absolute atomic E-state index is 0.150. The molecule has 0 spiro atoms.